The molecule has 1 N–H and O–H groups in total. The van der Waals surface area contributed by atoms with E-state index in [1.165, 1.54) is 0 Å². The lowest BCUT2D eigenvalue weighted by molar-refractivity contribution is 0.0998. The summed E-state index contributed by atoms with van der Waals surface area (Å²) in [6, 6.07) is 14.5. The Bertz CT molecular complexity index is 810. The van der Waals surface area contributed by atoms with Crippen molar-refractivity contribution in [3.8, 4) is 5.75 Å². The van der Waals surface area contributed by atoms with Crippen molar-refractivity contribution in [2.24, 2.45) is 0 Å². The molecular weight excluding hydrogens is 334 g/mol. The highest BCUT2D eigenvalue weighted by molar-refractivity contribution is 9.10. The molecule has 3 rings (SSSR count). The van der Waals surface area contributed by atoms with E-state index in [1.54, 1.807) is 25.3 Å². The van der Waals surface area contributed by atoms with E-state index in [0.717, 1.165) is 15.6 Å². The van der Waals surface area contributed by atoms with Crippen molar-refractivity contribution in [1.82, 2.24) is 0 Å². The summed E-state index contributed by atoms with van der Waals surface area (Å²) in [7, 11) is 1.60. The van der Waals surface area contributed by atoms with Crippen LogP contribution in [0.25, 0.3) is 11.0 Å². The van der Waals surface area contributed by atoms with Crippen LogP contribution in [-0.2, 0) is 0 Å². The van der Waals surface area contributed by atoms with Gasteiger partial charge in [0.15, 0.2) is 5.76 Å². The van der Waals surface area contributed by atoms with Gasteiger partial charge in [-0.25, -0.2) is 0 Å². The number of fused-ring (bicyclic) bond motifs is 1. The largest absolute Gasteiger partial charge is 0.497 e. The molecule has 1 amide bonds. The van der Waals surface area contributed by atoms with Crippen LogP contribution < -0.4 is 10.1 Å². The number of ether oxygens (including phenoxy) is 1. The molecule has 21 heavy (non-hydrogen) atoms. The van der Waals surface area contributed by atoms with Crippen molar-refractivity contribution in [2.45, 2.75) is 0 Å². The number of anilines is 1. The molecule has 0 aliphatic rings. The number of carbonyl (C=O) groups is 1. The molecule has 0 radical (unpaired) electrons. The van der Waals surface area contributed by atoms with Crippen molar-refractivity contribution in [2.75, 3.05) is 12.4 Å². The van der Waals surface area contributed by atoms with Crippen molar-refractivity contribution >= 4 is 38.5 Å². The van der Waals surface area contributed by atoms with E-state index in [4.69, 9.17) is 9.15 Å². The summed E-state index contributed by atoms with van der Waals surface area (Å²) in [5.74, 6) is 0.687. The zero-order valence-corrected chi connectivity index (χ0v) is 12.8. The average molecular weight is 346 g/mol. The van der Waals surface area contributed by atoms with Gasteiger partial charge in [0, 0.05) is 9.86 Å². The molecule has 1 heterocycles. The van der Waals surface area contributed by atoms with Gasteiger partial charge in [-0.05, 0) is 52.3 Å². The standard InChI is InChI=1S/C16H12BrNO3/c1-20-11-6-7-14-10(8-11)9-15(21-14)16(19)18-13-5-3-2-4-12(13)17/h2-9H,1H3,(H,18,19). The first kappa shape index (κ1) is 13.7. The molecule has 0 unspecified atom stereocenters. The van der Waals surface area contributed by atoms with Gasteiger partial charge in [-0.15, -0.1) is 0 Å². The summed E-state index contributed by atoms with van der Waals surface area (Å²) in [6.07, 6.45) is 0. The maximum Gasteiger partial charge on any atom is 0.291 e. The number of methoxy groups -OCH3 is 1. The fourth-order valence-corrected chi connectivity index (χ4v) is 2.39. The minimum absolute atomic E-state index is 0.258. The number of para-hydroxylation sites is 1. The first-order valence-corrected chi connectivity index (χ1v) is 7.10. The SMILES string of the molecule is COc1ccc2oc(C(=O)Nc3ccccc3Br)cc2c1. The van der Waals surface area contributed by atoms with Crippen LogP contribution in [-0.4, -0.2) is 13.0 Å². The molecule has 1 aromatic heterocycles. The molecule has 106 valence electrons. The lowest BCUT2D eigenvalue weighted by Gasteiger charge is -2.04. The number of furan rings is 1. The third-order valence-electron chi connectivity index (χ3n) is 3.07. The Morgan fingerprint density at radius 1 is 1.19 bits per heavy atom. The lowest BCUT2D eigenvalue weighted by Crippen LogP contribution is -2.11. The van der Waals surface area contributed by atoms with Gasteiger partial charge in [-0.1, -0.05) is 12.1 Å². The van der Waals surface area contributed by atoms with Gasteiger partial charge in [-0.2, -0.15) is 0 Å². The second kappa shape index (κ2) is 5.61. The topological polar surface area (TPSA) is 51.5 Å². The smallest absolute Gasteiger partial charge is 0.291 e. The number of amides is 1. The number of nitrogens with one attached hydrogen (secondary N) is 1. The summed E-state index contributed by atoms with van der Waals surface area (Å²) < 4.78 is 11.5. The minimum Gasteiger partial charge on any atom is -0.497 e. The van der Waals surface area contributed by atoms with Gasteiger partial charge < -0.3 is 14.5 Å². The van der Waals surface area contributed by atoms with Gasteiger partial charge in [0.1, 0.15) is 11.3 Å². The zero-order valence-electron chi connectivity index (χ0n) is 11.2. The molecule has 0 fully saturated rings. The van der Waals surface area contributed by atoms with Gasteiger partial charge >= 0.3 is 0 Å². The molecule has 0 atom stereocenters. The summed E-state index contributed by atoms with van der Waals surface area (Å²) in [5.41, 5.74) is 1.34. The van der Waals surface area contributed by atoms with Crippen LogP contribution in [0.2, 0.25) is 0 Å². The summed E-state index contributed by atoms with van der Waals surface area (Å²) in [4.78, 5) is 12.2. The van der Waals surface area contributed by atoms with Gasteiger partial charge in [0.25, 0.3) is 5.91 Å². The Labute approximate surface area is 129 Å². The van der Waals surface area contributed by atoms with Crippen LogP contribution in [0.3, 0.4) is 0 Å². The first-order chi connectivity index (χ1) is 10.2. The molecule has 0 saturated heterocycles. The van der Waals surface area contributed by atoms with Crippen molar-refractivity contribution in [1.29, 1.82) is 0 Å². The van der Waals surface area contributed by atoms with Gasteiger partial charge in [0.05, 0.1) is 12.8 Å². The number of halogens is 1. The molecule has 0 spiro atoms. The summed E-state index contributed by atoms with van der Waals surface area (Å²) >= 11 is 3.39. The number of rotatable bonds is 3. The average Bonchev–Trinajstić information content (AvgIpc) is 2.92. The number of benzene rings is 2. The molecule has 4 nitrogen and oxygen atoms in total. The summed E-state index contributed by atoms with van der Waals surface area (Å²) in [5, 5.41) is 3.63. The van der Waals surface area contributed by atoms with Gasteiger partial charge in [0.2, 0.25) is 0 Å². The summed E-state index contributed by atoms with van der Waals surface area (Å²) in [6.45, 7) is 0. The van der Waals surface area contributed by atoms with Crippen molar-refractivity contribution < 1.29 is 13.9 Å². The predicted molar refractivity (Wildman–Crippen MR) is 84.9 cm³/mol. The molecule has 0 bridgehead atoms. The molecule has 5 heteroatoms. The zero-order chi connectivity index (χ0) is 14.8. The van der Waals surface area contributed by atoms with Gasteiger partial charge in [-0.3, -0.25) is 4.79 Å². The number of hydrogen-bond acceptors (Lipinski definition) is 3. The second-order valence-electron chi connectivity index (χ2n) is 4.45. The third kappa shape index (κ3) is 2.78. The maximum absolute atomic E-state index is 12.2. The van der Waals surface area contributed by atoms with E-state index in [0.29, 0.717) is 11.3 Å². The highest BCUT2D eigenvalue weighted by atomic mass is 79.9. The quantitative estimate of drug-likeness (QED) is 0.762. The van der Waals surface area contributed by atoms with Crippen LogP contribution in [0.15, 0.2) is 57.4 Å². The number of hydrogen-bond donors (Lipinski definition) is 1. The molecular formula is C16H12BrNO3. The molecule has 3 aromatic rings. The highest BCUT2D eigenvalue weighted by Crippen LogP contribution is 2.26. The van der Waals surface area contributed by atoms with E-state index in [1.807, 2.05) is 30.3 Å². The molecule has 0 saturated carbocycles. The van der Waals surface area contributed by atoms with E-state index in [9.17, 15) is 4.79 Å². The Kier molecular flexibility index (Phi) is 3.66. The molecule has 0 aliphatic heterocycles. The molecule has 2 aromatic carbocycles. The van der Waals surface area contributed by atoms with E-state index in [2.05, 4.69) is 21.2 Å². The van der Waals surface area contributed by atoms with Crippen LogP contribution in [0.4, 0.5) is 5.69 Å². The Balaban J connectivity index is 1.89. The third-order valence-corrected chi connectivity index (χ3v) is 3.76. The van der Waals surface area contributed by atoms with Crippen LogP contribution in [0, 0.1) is 0 Å². The Morgan fingerprint density at radius 3 is 2.76 bits per heavy atom. The highest BCUT2D eigenvalue weighted by Gasteiger charge is 2.14. The Hall–Kier alpha value is -2.27. The minimum atomic E-state index is -0.294. The van der Waals surface area contributed by atoms with E-state index in [-0.39, 0.29) is 11.7 Å². The predicted octanol–water partition coefficient (Wildman–Crippen LogP) is 4.46. The van der Waals surface area contributed by atoms with Crippen molar-refractivity contribution in [3.63, 3.8) is 0 Å². The Morgan fingerprint density at radius 2 is 2.00 bits per heavy atom. The van der Waals surface area contributed by atoms with Crippen LogP contribution >= 0.6 is 15.9 Å². The van der Waals surface area contributed by atoms with E-state index >= 15 is 0 Å². The number of carbonyl (C=O) groups excluding carboxylic acids is 1. The first-order valence-electron chi connectivity index (χ1n) is 6.31. The van der Waals surface area contributed by atoms with Crippen LogP contribution in [0.1, 0.15) is 10.6 Å². The van der Waals surface area contributed by atoms with Crippen LogP contribution in [0.5, 0.6) is 5.75 Å². The fourth-order valence-electron chi connectivity index (χ4n) is 2.01. The second-order valence-corrected chi connectivity index (χ2v) is 5.30. The van der Waals surface area contributed by atoms with E-state index < -0.39 is 0 Å². The monoisotopic (exact) mass is 345 g/mol. The molecule has 0 aliphatic carbocycles. The maximum atomic E-state index is 12.2. The normalized spacial score (nSPS) is 10.6. The van der Waals surface area contributed by atoms with Crippen molar-refractivity contribution in [3.05, 3.63) is 58.8 Å². The fraction of sp³-hybridized carbons (Fsp3) is 0.0625. The lowest BCUT2D eigenvalue weighted by atomic mass is 10.2.